The maximum Gasteiger partial charge on any atom is 0.236 e. The summed E-state index contributed by atoms with van der Waals surface area (Å²) in [7, 11) is 0. The van der Waals surface area contributed by atoms with E-state index in [0.717, 1.165) is 12.5 Å². The van der Waals surface area contributed by atoms with Gasteiger partial charge >= 0.3 is 0 Å². The molecule has 1 aliphatic rings. The largest absolute Gasteiger partial charge is 0.339 e. The van der Waals surface area contributed by atoms with Crippen molar-refractivity contribution in [1.82, 2.24) is 9.80 Å². The van der Waals surface area contributed by atoms with E-state index < -0.39 is 11.6 Å². The highest BCUT2D eigenvalue weighted by molar-refractivity contribution is 5.78. The van der Waals surface area contributed by atoms with Gasteiger partial charge in [0.1, 0.15) is 11.6 Å². The third-order valence-corrected chi connectivity index (χ3v) is 3.99. The smallest absolute Gasteiger partial charge is 0.236 e. The number of carbonyl (C=O) groups is 1. The molecule has 0 saturated carbocycles. The van der Waals surface area contributed by atoms with Crippen molar-refractivity contribution in [3.05, 3.63) is 35.4 Å². The fourth-order valence-electron chi connectivity index (χ4n) is 2.86. The molecule has 1 aromatic rings. The van der Waals surface area contributed by atoms with E-state index >= 15 is 0 Å². The summed E-state index contributed by atoms with van der Waals surface area (Å²) in [4.78, 5) is 15.4. The molecule has 1 fully saturated rings. The maximum atomic E-state index is 14.0. The van der Waals surface area contributed by atoms with E-state index in [1.807, 2.05) is 6.92 Å². The van der Waals surface area contributed by atoms with Crippen LogP contribution in [0.4, 0.5) is 8.78 Å². The van der Waals surface area contributed by atoms with E-state index in [4.69, 9.17) is 5.73 Å². The van der Waals surface area contributed by atoms with E-state index in [9.17, 15) is 13.6 Å². The van der Waals surface area contributed by atoms with Gasteiger partial charge in [-0.15, -0.1) is 0 Å². The zero-order chi connectivity index (χ0) is 15.4. The Kier molecular flexibility index (Phi) is 5.25. The summed E-state index contributed by atoms with van der Waals surface area (Å²) in [5.74, 6) is -1.14. The van der Waals surface area contributed by atoms with E-state index in [1.165, 1.54) is 12.1 Å². The minimum Gasteiger partial charge on any atom is -0.339 e. The molecular formula is C15H21F2N3O. The summed E-state index contributed by atoms with van der Waals surface area (Å²) in [6, 6.07) is 3.62. The lowest BCUT2D eigenvalue weighted by atomic mass is 10.0. The maximum absolute atomic E-state index is 14.0. The monoisotopic (exact) mass is 297 g/mol. The number of nitrogens with zero attached hydrogens (tertiary/aromatic N) is 2. The molecule has 4 nitrogen and oxygen atoms in total. The first-order chi connectivity index (χ1) is 10.1. The first-order valence-electron chi connectivity index (χ1n) is 7.23. The zero-order valence-electron chi connectivity index (χ0n) is 12.2. The van der Waals surface area contributed by atoms with Gasteiger partial charge in [-0.25, -0.2) is 8.78 Å². The van der Waals surface area contributed by atoms with Gasteiger partial charge in [-0.2, -0.15) is 0 Å². The van der Waals surface area contributed by atoms with Crippen molar-refractivity contribution in [3.63, 3.8) is 0 Å². The van der Waals surface area contributed by atoms with Crippen LogP contribution in [0.3, 0.4) is 0 Å². The van der Waals surface area contributed by atoms with Crippen molar-refractivity contribution < 1.29 is 13.6 Å². The minimum atomic E-state index is -0.565. The highest BCUT2D eigenvalue weighted by atomic mass is 19.1. The molecule has 0 radical (unpaired) electrons. The van der Waals surface area contributed by atoms with Gasteiger partial charge in [0.15, 0.2) is 0 Å². The van der Waals surface area contributed by atoms with Crippen LogP contribution >= 0.6 is 0 Å². The van der Waals surface area contributed by atoms with Crippen molar-refractivity contribution in [3.8, 4) is 0 Å². The van der Waals surface area contributed by atoms with Crippen LogP contribution in [0.1, 0.15) is 24.9 Å². The fraction of sp³-hybridized carbons (Fsp3) is 0.533. The Balaban J connectivity index is 2.07. The number of piperazine rings is 1. The summed E-state index contributed by atoms with van der Waals surface area (Å²) >= 11 is 0. The van der Waals surface area contributed by atoms with Crippen LogP contribution in [0.25, 0.3) is 0 Å². The summed E-state index contributed by atoms with van der Waals surface area (Å²) < 4.78 is 27.0. The second-order valence-corrected chi connectivity index (χ2v) is 5.21. The predicted molar refractivity (Wildman–Crippen MR) is 76.6 cm³/mol. The van der Waals surface area contributed by atoms with Crippen molar-refractivity contribution in [2.45, 2.75) is 19.4 Å². The lowest BCUT2D eigenvalue weighted by molar-refractivity contribution is -0.131. The molecule has 6 heteroatoms. The standard InChI is InChI=1S/C15H21F2N3O/c1-2-14(12-4-3-11(16)9-13(12)17)19-5-7-20(8-6-19)15(21)10-18/h3-4,9,14H,2,5-8,10,18H2,1H3. The van der Waals surface area contributed by atoms with Gasteiger partial charge in [-0.1, -0.05) is 13.0 Å². The lowest BCUT2D eigenvalue weighted by Gasteiger charge is -2.39. The Bertz CT molecular complexity index is 502. The summed E-state index contributed by atoms with van der Waals surface area (Å²) in [5, 5.41) is 0. The number of nitrogens with two attached hydrogens (primary N) is 1. The van der Waals surface area contributed by atoms with Crippen molar-refractivity contribution >= 4 is 5.91 Å². The number of hydrogen-bond acceptors (Lipinski definition) is 3. The molecule has 1 aliphatic heterocycles. The van der Waals surface area contributed by atoms with Gasteiger partial charge < -0.3 is 10.6 Å². The van der Waals surface area contributed by atoms with Crippen LogP contribution in [-0.2, 0) is 4.79 Å². The summed E-state index contributed by atoms with van der Waals surface area (Å²) in [5.41, 5.74) is 5.87. The normalized spacial score (nSPS) is 17.8. The number of halogens is 2. The Hall–Kier alpha value is -1.53. The van der Waals surface area contributed by atoms with Gasteiger partial charge in [-0.05, 0) is 12.5 Å². The molecule has 0 aromatic heterocycles. The Morgan fingerprint density at radius 3 is 2.48 bits per heavy atom. The van der Waals surface area contributed by atoms with Gasteiger partial charge in [-0.3, -0.25) is 9.69 Å². The van der Waals surface area contributed by atoms with Crippen LogP contribution < -0.4 is 5.73 Å². The highest BCUT2D eigenvalue weighted by Gasteiger charge is 2.27. The van der Waals surface area contributed by atoms with Crippen molar-refractivity contribution in [2.75, 3.05) is 32.7 Å². The van der Waals surface area contributed by atoms with Crippen LogP contribution in [-0.4, -0.2) is 48.4 Å². The number of rotatable bonds is 4. The molecule has 2 N–H and O–H groups in total. The number of benzene rings is 1. The first kappa shape index (κ1) is 15.9. The van der Waals surface area contributed by atoms with Gasteiger partial charge in [0.25, 0.3) is 0 Å². The summed E-state index contributed by atoms with van der Waals surface area (Å²) in [6.07, 6.45) is 0.730. The number of carbonyl (C=O) groups excluding carboxylic acids is 1. The Morgan fingerprint density at radius 1 is 1.29 bits per heavy atom. The van der Waals surface area contributed by atoms with Crippen LogP contribution in [0.5, 0.6) is 0 Å². The number of amides is 1. The van der Waals surface area contributed by atoms with Crippen molar-refractivity contribution in [2.24, 2.45) is 5.73 Å². The average Bonchev–Trinajstić information content (AvgIpc) is 2.50. The molecule has 2 rings (SSSR count). The van der Waals surface area contributed by atoms with Crippen molar-refractivity contribution in [1.29, 1.82) is 0 Å². The number of hydrogen-bond donors (Lipinski definition) is 1. The molecule has 116 valence electrons. The molecule has 0 bridgehead atoms. The summed E-state index contributed by atoms with van der Waals surface area (Å²) in [6.45, 7) is 4.52. The molecule has 1 heterocycles. The van der Waals surface area contributed by atoms with Gasteiger partial charge in [0.05, 0.1) is 6.54 Å². The SMILES string of the molecule is CCC(c1ccc(F)cc1F)N1CCN(C(=O)CN)CC1. The van der Waals surface area contributed by atoms with E-state index in [1.54, 1.807) is 4.90 Å². The van der Waals surface area contributed by atoms with Gasteiger partial charge in [0, 0.05) is 43.9 Å². The predicted octanol–water partition coefficient (Wildman–Crippen LogP) is 1.52. The molecule has 1 amide bonds. The molecule has 0 aliphatic carbocycles. The molecule has 1 aromatic carbocycles. The highest BCUT2D eigenvalue weighted by Crippen LogP contribution is 2.27. The molecular weight excluding hydrogens is 276 g/mol. The Labute approximate surface area is 123 Å². The van der Waals surface area contributed by atoms with E-state index in [0.29, 0.717) is 31.7 Å². The molecule has 0 spiro atoms. The van der Waals surface area contributed by atoms with Crippen LogP contribution in [0.2, 0.25) is 0 Å². The van der Waals surface area contributed by atoms with Gasteiger partial charge in [0.2, 0.25) is 5.91 Å². The zero-order valence-corrected chi connectivity index (χ0v) is 12.2. The minimum absolute atomic E-state index is 0.0177. The second-order valence-electron chi connectivity index (χ2n) is 5.21. The first-order valence-corrected chi connectivity index (χ1v) is 7.23. The molecule has 1 atom stereocenters. The van der Waals surface area contributed by atoms with Crippen LogP contribution in [0.15, 0.2) is 18.2 Å². The van der Waals surface area contributed by atoms with Crippen LogP contribution in [0, 0.1) is 11.6 Å². The topological polar surface area (TPSA) is 49.6 Å². The molecule has 1 saturated heterocycles. The molecule has 1 unspecified atom stereocenters. The second kappa shape index (κ2) is 6.95. The van der Waals surface area contributed by atoms with E-state index in [2.05, 4.69) is 4.90 Å². The quantitative estimate of drug-likeness (QED) is 0.916. The third kappa shape index (κ3) is 3.57. The fourth-order valence-corrected chi connectivity index (χ4v) is 2.86. The Morgan fingerprint density at radius 2 is 1.95 bits per heavy atom. The molecule has 21 heavy (non-hydrogen) atoms. The third-order valence-electron chi connectivity index (χ3n) is 3.99. The lowest BCUT2D eigenvalue weighted by Crippen LogP contribution is -2.51. The average molecular weight is 297 g/mol. The van der Waals surface area contributed by atoms with E-state index in [-0.39, 0.29) is 18.5 Å².